The Balaban J connectivity index is 1.38. The van der Waals surface area contributed by atoms with Gasteiger partial charge in [0.15, 0.2) is 5.82 Å². The molecule has 4 aromatic rings. The third-order valence-corrected chi connectivity index (χ3v) is 5.14. The van der Waals surface area contributed by atoms with Gasteiger partial charge in [-0.05, 0) is 73.5 Å². The molecule has 0 saturated heterocycles. The zero-order valence-electron chi connectivity index (χ0n) is 19.7. The Bertz CT molecular complexity index is 1410. The van der Waals surface area contributed by atoms with Gasteiger partial charge < -0.3 is 15.8 Å². The zero-order chi connectivity index (χ0) is 26.6. The summed E-state index contributed by atoms with van der Waals surface area (Å²) < 4.78 is 42.3. The fourth-order valence-corrected chi connectivity index (χ4v) is 3.43. The highest BCUT2D eigenvalue weighted by Crippen LogP contribution is 2.25. The molecule has 9 nitrogen and oxygen atoms in total. The van der Waals surface area contributed by atoms with Gasteiger partial charge in [0.25, 0.3) is 0 Å². The number of aryl methyl sites for hydroxylation is 2. The maximum atomic E-state index is 12.3. The van der Waals surface area contributed by atoms with Gasteiger partial charge in [-0.1, -0.05) is 18.2 Å². The molecule has 0 radical (unpaired) electrons. The first kappa shape index (κ1) is 25.2. The number of nitrogens with zero attached hydrogens (tertiary/aromatic N) is 4. The summed E-state index contributed by atoms with van der Waals surface area (Å²) in [4.78, 5) is 20.8. The normalized spacial score (nSPS) is 11.8. The molecule has 12 heteroatoms. The Morgan fingerprint density at radius 2 is 1.65 bits per heavy atom. The summed E-state index contributed by atoms with van der Waals surface area (Å²) in [5.41, 5.74) is 10.1. The third kappa shape index (κ3) is 6.63. The van der Waals surface area contributed by atoms with Gasteiger partial charge in [-0.15, -0.1) is 18.3 Å². The van der Waals surface area contributed by atoms with Crippen LogP contribution in [0.2, 0.25) is 0 Å². The van der Waals surface area contributed by atoms with Gasteiger partial charge >= 0.3 is 12.4 Å². The molecule has 1 aromatic heterocycles. The number of benzene rings is 3. The number of hydrogen-bond donors (Lipinski definition) is 3. The Kier molecular flexibility index (Phi) is 7.09. The van der Waals surface area contributed by atoms with Crippen LogP contribution < -0.4 is 21.1 Å². The number of aliphatic imine (C=N–C) groups is 1. The summed E-state index contributed by atoms with van der Waals surface area (Å²) >= 11 is 0. The highest BCUT2D eigenvalue weighted by molar-refractivity contribution is 6.02. The lowest BCUT2D eigenvalue weighted by atomic mass is 10.1. The SMILES string of the molecule is Cc1cccc(C)c1N=C(N)NC(=O)Nc1ccc(-c2ncn(-c3ccc(OC(F)(F)F)cc3)n2)cc1. The maximum absolute atomic E-state index is 12.3. The van der Waals surface area contributed by atoms with Crippen molar-refractivity contribution in [2.45, 2.75) is 20.2 Å². The number of anilines is 1. The Morgan fingerprint density at radius 3 is 2.27 bits per heavy atom. The molecule has 0 atom stereocenters. The van der Waals surface area contributed by atoms with Crippen molar-refractivity contribution in [1.82, 2.24) is 20.1 Å². The molecular formula is C25H22F3N7O2. The molecule has 0 saturated carbocycles. The molecule has 4 N–H and O–H groups in total. The van der Waals surface area contributed by atoms with Crippen LogP contribution in [0.5, 0.6) is 5.75 Å². The predicted octanol–water partition coefficient (Wildman–Crippen LogP) is 5.22. The van der Waals surface area contributed by atoms with E-state index in [4.69, 9.17) is 5.73 Å². The minimum Gasteiger partial charge on any atom is -0.406 e. The molecule has 1 heterocycles. The van der Waals surface area contributed by atoms with Crippen molar-refractivity contribution in [1.29, 1.82) is 0 Å². The van der Waals surface area contributed by atoms with Crippen molar-refractivity contribution < 1.29 is 22.7 Å². The zero-order valence-corrected chi connectivity index (χ0v) is 19.7. The minimum absolute atomic E-state index is 0.0424. The molecule has 0 aliphatic rings. The van der Waals surface area contributed by atoms with E-state index < -0.39 is 12.4 Å². The molecular weight excluding hydrogens is 487 g/mol. The van der Waals surface area contributed by atoms with Gasteiger partial charge in [0.1, 0.15) is 12.1 Å². The average Bonchev–Trinajstić information content (AvgIpc) is 3.32. The largest absolute Gasteiger partial charge is 0.573 e. The van der Waals surface area contributed by atoms with Crippen molar-refractivity contribution >= 4 is 23.4 Å². The summed E-state index contributed by atoms with van der Waals surface area (Å²) in [6.07, 6.45) is -3.32. The van der Waals surface area contributed by atoms with Crippen LogP contribution in [0, 0.1) is 13.8 Å². The van der Waals surface area contributed by atoms with E-state index in [1.54, 1.807) is 24.3 Å². The molecule has 0 bridgehead atoms. The smallest absolute Gasteiger partial charge is 0.406 e. The van der Waals surface area contributed by atoms with E-state index in [9.17, 15) is 18.0 Å². The number of urea groups is 1. The second kappa shape index (κ2) is 10.4. The molecule has 2 amide bonds. The van der Waals surface area contributed by atoms with Crippen molar-refractivity contribution in [2.24, 2.45) is 10.7 Å². The van der Waals surface area contributed by atoms with Crippen molar-refractivity contribution in [3.05, 3.63) is 84.2 Å². The van der Waals surface area contributed by atoms with Crippen molar-refractivity contribution in [3.8, 4) is 22.8 Å². The van der Waals surface area contributed by atoms with E-state index in [0.29, 0.717) is 28.5 Å². The number of rotatable bonds is 5. The van der Waals surface area contributed by atoms with E-state index in [0.717, 1.165) is 11.1 Å². The Morgan fingerprint density at radius 1 is 1.00 bits per heavy atom. The molecule has 37 heavy (non-hydrogen) atoms. The number of ether oxygens (including phenoxy) is 1. The molecule has 3 aromatic carbocycles. The van der Waals surface area contributed by atoms with Crippen LogP contribution in [-0.4, -0.2) is 33.1 Å². The molecule has 4 rings (SSSR count). The molecule has 0 aliphatic heterocycles. The van der Waals surface area contributed by atoms with E-state index in [1.807, 2.05) is 32.0 Å². The van der Waals surface area contributed by atoms with E-state index in [-0.39, 0.29) is 11.7 Å². The average molecular weight is 509 g/mol. The Hall–Kier alpha value is -4.87. The van der Waals surface area contributed by atoms with Crippen LogP contribution in [0.1, 0.15) is 11.1 Å². The van der Waals surface area contributed by atoms with Gasteiger partial charge in [0.05, 0.1) is 11.4 Å². The van der Waals surface area contributed by atoms with Crippen molar-refractivity contribution in [2.75, 3.05) is 5.32 Å². The standard InChI is InChI=1S/C25H22F3N7O2/c1-15-4-3-5-16(2)21(15)32-23(29)33-24(36)31-18-8-6-17(7-9-18)22-30-14-35(34-22)19-10-12-20(13-11-19)37-25(26,27)28/h3-14H,1-2H3,(H4,29,31,32,33,36). The number of hydrogen-bond acceptors (Lipinski definition) is 5. The van der Waals surface area contributed by atoms with Gasteiger partial charge in [0, 0.05) is 11.3 Å². The van der Waals surface area contributed by atoms with Gasteiger partial charge in [-0.2, -0.15) is 0 Å². The summed E-state index contributed by atoms with van der Waals surface area (Å²) in [5.74, 6) is 0.0119. The van der Waals surface area contributed by atoms with Crippen LogP contribution in [-0.2, 0) is 0 Å². The molecule has 0 unspecified atom stereocenters. The van der Waals surface area contributed by atoms with Gasteiger partial charge in [-0.25, -0.2) is 19.5 Å². The van der Waals surface area contributed by atoms with E-state index in [2.05, 4.69) is 30.4 Å². The van der Waals surface area contributed by atoms with Gasteiger partial charge in [0.2, 0.25) is 5.96 Å². The Labute approximate surface area is 209 Å². The first-order valence-electron chi connectivity index (χ1n) is 10.9. The molecule has 0 fully saturated rings. The number of carbonyl (C=O) groups is 1. The summed E-state index contributed by atoms with van der Waals surface area (Å²) in [6.45, 7) is 3.81. The number of nitrogens with two attached hydrogens (primary N) is 1. The molecule has 0 aliphatic carbocycles. The van der Waals surface area contributed by atoms with Crippen LogP contribution in [0.3, 0.4) is 0 Å². The summed E-state index contributed by atoms with van der Waals surface area (Å²) in [5, 5.41) is 9.51. The molecule has 190 valence electrons. The minimum atomic E-state index is -4.76. The maximum Gasteiger partial charge on any atom is 0.573 e. The number of guanidine groups is 1. The molecule has 0 spiro atoms. The number of alkyl halides is 3. The van der Waals surface area contributed by atoms with Crippen LogP contribution in [0.15, 0.2) is 78.0 Å². The highest BCUT2D eigenvalue weighted by atomic mass is 19.4. The second-order valence-electron chi connectivity index (χ2n) is 7.95. The lowest BCUT2D eigenvalue weighted by Gasteiger charge is -2.09. The van der Waals surface area contributed by atoms with E-state index >= 15 is 0 Å². The third-order valence-electron chi connectivity index (χ3n) is 5.14. The number of amides is 2. The van der Waals surface area contributed by atoms with Crippen LogP contribution in [0.25, 0.3) is 17.1 Å². The van der Waals surface area contributed by atoms with Crippen LogP contribution in [0.4, 0.5) is 29.3 Å². The van der Waals surface area contributed by atoms with Crippen LogP contribution >= 0.6 is 0 Å². The van der Waals surface area contributed by atoms with Crippen molar-refractivity contribution in [3.63, 3.8) is 0 Å². The lowest BCUT2D eigenvalue weighted by Crippen LogP contribution is -2.39. The quantitative estimate of drug-likeness (QED) is 0.252. The number of para-hydroxylation sites is 1. The fraction of sp³-hybridized carbons (Fsp3) is 0.120. The highest BCUT2D eigenvalue weighted by Gasteiger charge is 2.31. The fourth-order valence-electron chi connectivity index (χ4n) is 3.43. The first-order valence-corrected chi connectivity index (χ1v) is 10.9. The number of carbonyl (C=O) groups excluding carboxylic acids is 1. The topological polar surface area (TPSA) is 119 Å². The van der Waals surface area contributed by atoms with Gasteiger partial charge in [-0.3, -0.25) is 5.32 Å². The number of halogens is 3. The predicted molar refractivity (Wildman–Crippen MR) is 133 cm³/mol. The number of aromatic nitrogens is 3. The second-order valence-corrected chi connectivity index (χ2v) is 7.95. The van der Waals surface area contributed by atoms with E-state index in [1.165, 1.54) is 35.3 Å². The lowest BCUT2D eigenvalue weighted by molar-refractivity contribution is -0.274. The number of nitrogens with one attached hydrogen (secondary N) is 2. The summed E-state index contributed by atoms with van der Waals surface area (Å²) in [7, 11) is 0. The summed E-state index contributed by atoms with van der Waals surface area (Å²) in [6, 6.07) is 17.2. The monoisotopic (exact) mass is 509 g/mol. The first-order chi connectivity index (χ1) is 17.6.